The van der Waals surface area contributed by atoms with Crippen molar-refractivity contribution in [3.8, 4) is 5.75 Å². The Morgan fingerprint density at radius 1 is 1.11 bits per heavy atom. The summed E-state index contributed by atoms with van der Waals surface area (Å²) in [6.45, 7) is 5.62. The second-order valence-corrected chi connectivity index (χ2v) is 9.37. The lowest BCUT2D eigenvalue weighted by molar-refractivity contribution is -0.121. The summed E-state index contributed by atoms with van der Waals surface area (Å²) < 4.78 is 33.2. The number of para-hydroxylation sites is 1. The van der Waals surface area contributed by atoms with Gasteiger partial charge < -0.3 is 10.1 Å². The van der Waals surface area contributed by atoms with Crippen LogP contribution < -0.4 is 14.8 Å². The van der Waals surface area contributed by atoms with Crippen molar-refractivity contribution in [2.45, 2.75) is 37.6 Å². The van der Waals surface area contributed by atoms with E-state index in [1.165, 1.54) is 12.1 Å². The minimum absolute atomic E-state index is 0.112. The number of carbonyl (C=O) groups is 1. The normalized spacial score (nSPS) is 16.9. The van der Waals surface area contributed by atoms with Gasteiger partial charge in [0.2, 0.25) is 15.9 Å². The van der Waals surface area contributed by atoms with Crippen LogP contribution in [-0.2, 0) is 21.2 Å². The third-order valence-electron chi connectivity index (χ3n) is 4.10. The summed E-state index contributed by atoms with van der Waals surface area (Å²) in [5.41, 5.74) is 0.843. The molecule has 27 heavy (non-hydrogen) atoms. The predicted octanol–water partition coefficient (Wildman–Crippen LogP) is 2.95. The third-order valence-corrected chi connectivity index (χ3v) is 5.86. The Morgan fingerprint density at radius 2 is 1.85 bits per heavy atom. The van der Waals surface area contributed by atoms with E-state index in [0.29, 0.717) is 18.7 Å². The highest BCUT2D eigenvalue weighted by molar-refractivity contribution is 7.89. The van der Waals surface area contributed by atoms with Crippen molar-refractivity contribution in [3.63, 3.8) is 0 Å². The lowest BCUT2D eigenvalue weighted by Gasteiger charge is -2.24. The first-order valence-electron chi connectivity index (χ1n) is 8.80. The van der Waals surface area contributed by atoms with E-state index in [2.05, 4.69) is 10.0 Å². The first-order chi connectivity index (χ1) is 12.6. The van der Waals surface area contributed by atoms with Gasteiger partial charge in [-0.25, -0.2) is 13.1 Å². The van der Waals surface area contributed by atoms with Crippen molar-refractivity contribution in [2.24, 2.45) is 5.92 Å². The summed E-state index contributed by atoms with van der Waals surface area (Å²) in [4.78, 5) is 12.7. The smallest absolute Gasteiger partial charge is 0.241 e. The zero-order chi connectivity index (χ0) is 19.7. The molecular weight excluding hydrogens is 364 g/mol. The number of benzene rings is 2. The van der Waals surface area contributed by atoms with Crippen LogP contribution in [0.25, 0.3) is 0 Å². The van der Waals surface area contributed by atoms with Crippen LogP contribution in [0, 0.1) is 5.92 Å². The van der Waals surface area contributed by atoms with Crippen LogP contribution in [0.15, 0.2) is 53.4 Å². The summed E-state index contributed by atoms with van der Waals surface area (Å²) in [6, 6.07) is 13.9. The minimum atomic E-state index is -3.67. The first-order valence-corrected chi connectivity index (χ1v) is 10.3. The Balaban J connectivity index is 1.72. The van der Waals surface area contributed by atoms with E-state index in [1.54, 1.807) is 32.9 Å². The summed E-state index contributed by atoms with van der Waals surface area (Å²) in [5.74, 6) is 0.290. The molecule has 0 saturated heterocycles. The Kier molecular flexibility index (Phi) is 5.26. The number of carbonyl (C=O) groups excluding carboxylic acids is 1. The number of fused-ring (bicyclic) bond motifs is 1. The van der Waals surface area contributed by atoms with E-state index in [0.717, 1.165) is 11.3 Å². The molecule has 0 aliphatic carbocycles. The fraction of sp³-hybridized carbons (Fsp3) is 0.350. The molecule has 1 atom stereocenters. The fourth-order valence-electron chi connectivity index (χ4n) is 2.94. The SMILES string of the molecule is CC(C)(C)NS(=O)(=O)c1cccc(NC(=O)C2COc3ccccc3C2)c1. The van der Waals surface area contributed by atoms with Crippen molar-refractivity contribution >= 4 is 21.6 Å². The van der Waals surface area contributed by atoms with E-state index in [-0.39, 0.29) is 16.7 Å². The topological polar surface area (TPSA) is 84.5 Å². The zero-order valence-corrected chi connectivity index (χ0v) is 16.5. The van der Waals surface area contributed by atoms with Gasteiger partial charge in [-0.1, -0.05) is 24.3 Å². The largest absolute Gasteiger partial charge is 0.492 e. The number of sulfonamides is 1. The van der Waals surface area contributed by atoms with Crippen molar-refractivity contribution in [1.82, 2.24) is 4.72 Å². The average Bonchev–Trinajstić information content (AvgIpc) is 2.59. The lowest BCUT2D eigenvalue weighted by atomic mass is 9.96. The molecule has 2 aromatic rings. The monoisotopic (exact) mass is 388 g/mol. The van der Waals surface area contributed by atoms with E-state index in [1.807, 2.05) is 24.3 Å². The van der Waals surface area contributed by atoms with Crippen LogP contribution in [0.1, 0.15) is 26.3 Å². The molecule has 2 N–H and O–H groups in total. The van der Waals surface area contributed by atoms with Gasteiger partial charge in [0.05, 0.1) is 10.8 Å². The van der Waals surface area contributed by atoms with Gasteiger partial charge in [-0.2, -0.15) is 0 Å². The molecule has 2 aromatic carbocycles. The number of amides is 1. The second kappa shape index (κ2) is 7.32. The van der Waals surface area contributed by atoms with E-state index < -0.39 is 15.6 Å². The molecule has 1 unspecified atom stereocenters. The fourth-order valence-corrected chi connectivity index (χ4v) is 4.41. The van der Waals surface area contributed by atoms with Crippen LogP contribution >= 0.6 is 0 Å². The summed E-state index contributed by atoms with van der Waals surface area (Å²) in [6.07, 6.45) is 0.589. The first kappa shape index (κ1) is 19.4. The standard InChI is InChI=1S/C20H24N2O4S/c1-20(2,3)22-27(24,25)17-9-6-8-16(12-17)21-19(23)15-11-14-7-4-5-10-18(14)26-13-15/h4-10,12,15,22H,11,13H2,1-3H3,(H,21,23). The molecular formula is C20H24N2O4S. The van der Waals surface area contributed by atoms with Crippen molar-refractivity contribution in [2.75, 3.05) is 11.9 Å². The van der Waals surface area contributed by atoms with Crippen LogP contribution in [0.5, 0.6) is 5.75 Å². The van der Waals surface area contributed by atoms with E-state index in [9.17, 15) is 13.2 Å². The number of hydrogen-bond acceptors (Lipinski definition) is 4. The molecule has 1 amide bonds. The average molecular weight is 388 g/mol. The summed E-state index contributed by atoms with van der Waals surface area (Å²) in [5, 5.41) is 2.81. The summed E-state index contributed by atoms with van der Waals surface area (Å²) in [7, 11) is -3.67. The summed E-state index contributed by atoms with van der Waals surface area (Å²) >= 11 is 0. The van der Waals surface area contributed by atoms with Gasteiger partial charge in [0, 0.05) is 11.2 Å². The third kappa shape index (κ3) is 4.87. The molecule has 1 aliphatic rings. The van der Waals surface area contributed by atoms with Gasteiger partial charge in [-0.15, -0.1) is 0 Å². The Morgan fingerprint density at radius 3 is 2.59 bits per heavy atom. The molecule has 0 spiro atoms. The highest BCUT2D eigenvalue weighted by atomic mass is 32.2. The van der Waals surface area contributed by atoms with Gasteiger partial charge in [0.25, 0.3) is 0 Å². The molecule has 0 fully saturated rings. The van der Waals surface area contributed by atoms with Crippen molar-refractivity contribution in [1.29, 1.82) is 0 Å². The number of rotatable bonds is 4. The molecule has 0 radical (unpaired) electrons. The molecule has 0 saturated carbocycles. The number of nitrogens with one attached hydrogen (secondary N) is 2. The molecule has 1 aliphatic heterocycles. The van der Waals surface area contributed by atoms with E-state index >= 15 is 0 Å². The quantitative estimate of drug-likeness (QED) is 0.843. The Labute approximate surface area is 160 Å². The predicted molar refractivity (Wildman–Crippen MR) is 104 cm³/mol. The molecule has 7 heteroatoms. The van der Waals surface area contributed by atoms with Crippen LogP contribution in [0.3, 0.4) is 0 Å². The van der Waals surface area contributed by atoms with Gasteiger partial charge >= 0.3 is 0 Å². The molecule has 6 nitrogen and oxygen atoms in total. The van der Waals surface area contributed by atoms with Crippen molar-refractivity contribution in [3.05, 3.63) is 54.1 Å². The van der Waals surface area contributed by atoms with Gasteiger partial charge in [0.15, 0.2) is 0 Å². The second-order valence-electron chi connectivity index (χ2n) is 7.69. The number of ether oxygens (including phenoxy) is 1. The molecule has 0 bridgehead atoms. The van der Waals surface area contributed by atoms with Crippen LogP contribution in [0.4, 0.5) is 5.69 Å². The maximum absolute atomic E-state index is 12.6. The van der Waals surface area contributed by atoms with Gasteiger partial charge in [0.1, 0.15) is 12.4 Å². The zero-order valence-electron chi connectivity index (χ0n) is 15.7. The van der Waals surface area contributed by atoms with E-state index in [4.69, 9.17) is 4.74 Å². The Hall–Kier alpha value is -2.38. The molecule has 0 aromatic heterocycles. The molecule has 1 heterocycles. The number of anilines is 1. The Bertz CT molecular complexity index is 948. The molecule has 3 rings (SSSR count). The highest BCUT2D eigenvalue weighted by Crippen LogP contribution is 2.27. The van der Waals surface area contributed by atoms with Gasteiger partial charge in [-0.3, -0.25) is 4.79 Å². The van der Waals surface area contributed by atoms with Gasteiger partial charge in [-0.05, 0) is 57.0 Å². The van der Waals surface area contributed by atoms with Crippen LogP contribution in [0.2, 0.25) is 0 Å². The maximum Gasteiger partial charge on any atom is 0.241 e. The van der Waals surface area contributed by atoms with Crippen LogP contribution in [-0.4, -0.2) is 26.5 Å². The highest BCUT2D eigenvalue weighted by Gasteiger charge is 2.26. The number of hydrogen-bond donors (Lipinski definition) is 2. The lowest BCUT2D eigenvalue weighted by Crippen LogP contribution is -2.40. The van der Waals surface area contributed by atoms with Crippen molar-refractivity contribution < 1.29 is 17.9 Å². The molecule has 144 valence electrons. The maximum atomic E-state index is 12.6. The minimum Gasteiger partial charge on any atom is -0.492 e.